The number of fused-ring (bicyclic) bond motifs is 1. The maximum absolute atomic E-state index is 12.1. The Morgan fingerprint density at radius 3 is 2.60 bits per heavy atom. The molecule has 110 valence electrons. The maximum Gasteiger partial charge on any atom is 0.228 e. The van der Waals surface area contributed by atoms with Crippen molar-refractivity contribution in [2.75, 3.05) is 26.2 Å². The monoisotopic (exact) mass is 278 g/mol. The minimum Gasteiger partial charge on any atom is -0.354 e. The average molecular weight is 278 g/mol. The fourth-order valence-corrected chi connectivity index (χ4v) is 2.69. The summed E-state index contributed by atoms with van der Waals surface area (Å²) in [5.74, 6) is 0.111. The predicted octanol–water partition coefficient (Wildman–Crippen LogP) is 1.69. The molecule has 0 saturated carbocycles. The molecule has 0 bridgehead atoms. The van der Waals surface area contributed by atoms with E-state index in [1.807, 2.05) is 32.2 Å². The van der Waals surface area contributed by atoms with Gasteiger partial charge in [-0.05, 0) is 18.6 Å². The van der Waals surface area contributed by atoms with Gasteiger partial charge in [0.05, 0.1) is 6.04 Å². The van der Waals surface area contributed by atoms with E-state index in [4.69, 9.17) is 9.47 Å². The lowest BCUT2D eigenvalue weighted by Crippen LogP contribution is -2.45. The number of carbonyl (C=O) groups excluding carboxylic acids is 1. The van der Waals surface area contributed by atoms with Gasteiger partial charge in [-0.25, -0.2) is 0 Å². The Hall–Kier alpha value is -1.43. The first-order valence-electron chi connectivity index (χ1n) is 6.75. The number of hydrogen-bond acceptors (Lipinski definition) is 4. The normalized spacial score (nSPS) is 20.1. The van der Waals surface area contributed by atoms with E-state index in [9.17, 15) is 4.79 Å². The van der Waals surface area contributed by atoms with Crippen molar-refractivity contribution in [1.82, 2.24) is 5.32 Å². The molecule has 1 aromatic rings. The lowest BCUT2D eigenvalue weighted by atomic mass is 9.95. The van der Waals surface area contributed by atoms with Crippen LogP contribution in [0, 0.1) is 0 Å². The van der Waals surface area contributed by atoms with Crippen molar-refractivity contribution in [3.63, 3.8) is 0 Å². The van der Waals surface area contributed by atoms with E-state index >= 15 is 0 Å². The summed E-state index contributed by atoms with van der Waals surface area (Å²) in [7, 11) is 5.04. The van der Waals surface area contributed by atoms with Crippen molar-refractivity contribution < 1.29 is 14.3 Å². The molecule has 0 radical (unpaired) electrons. The number of para-hydroxylation sites is 1. The molecule has 5 heteroatoms. The summed E-state index contributed by atoms with van der Waals surface area (Å²) in [6, 6.07) is 7.93. The molecule has 1 aliphatic heterocycles. The van der Waals surface area contributed by atoms with Gasteiger partial charge in [-0.1, -0.05) is 18.2 Å². The van der Waals surface area contributed by atoms with Crippen molar-refractivity contribution in [3.05, 3.63) is 29.8 Å². The highest BCUT2D eigenvalue weighted by molar-refractivity contribution is 5.96. The van der Waals surface area contributed by atoms with Crippen molar-refractivity contribution >= 4 is 11.6 Å². The van der Waals surface area contributed by atoms with Gasteiger partial charge in [0, 0.05) is 39.4 Å². The molecule has 0 aliphatic carbocycles. The van der Waals surface area contributed by atoms with Gasteiger partial charge in [-0.15, -0.1) is 0 Å². The van der Waals surface area contributed by atoms with Crippen LogP contribution < -0.4 is 10.2 Å². The van der Waals surface area contributed by atoms with E-state index in [2.05, 4.69) is 11.4 Å². The molecule has 2 atom stereocenters. The lowest BCUT2D eigenvalue weighted by molar-refractivity contribution is -0.125. The van der Waals surface area contributed by atoms with Gasteiger partial charge < -0.3 is 19.7 Å². The summed E-state index contributed by atoms with van der Waals surface area (Å²) >= 11 is 0. The second kappa shape index (κ2) is 6.35. The number of hydrogen-bond donors (Lipinski definition) is 1. The third kappa shape index (κ3) is 2.85. The molecule has 0 fully saturated rings. The van der Waals surface area contributed by atoms with Gasteiger partial charge in [0.25, 0.3) is 0 Å². The van der Waals surface area contributed by atoms with Crippen LogP contribution in [0.25, 0.3) is 0 Å². The fourth-order valence-electron chi connectivity index (χ4n) is 2.69. The minimum absolute atomic E-state index is 0.0146. The predicted molar refractivity (Wildman–Crippen MR) is 77.6 cm³/mol. The van der Waals surface area contributed by atoms with Crippen LogP contribution >= 0.6 is 0 Å². The molecule has 2 unspecified atom stereocenters. The van der Waals surface area contributed by atoms with Gasteiger partial charge in [-0.3, -0.25) is 4.79 Å². The number of anilines is 1. The molecule has 1 N–H and O–H groups in total. The molecule has 20 heavy (non-hydrogen) atoms. The number of methoxy groups -OCH3 is 2. The van der Waals surface area contributed by atoms with Crippen LogP contribution in [0.5, 0.6) is 0 Å². The van der Waals surface area contributed by atoms with Crippen LogP contribution in [0.4, 0.5) is 5.69 Å². The van der Waals surface area contributed by atoms with E-state index in [-0.39, 0.29) is 24.3 Å². The first kappa shape index (κ1) is 15.0. The van der Waals surface area contributed by atoms with E-state index in [1.165, 1.54) is 0 Å². The van der Waals surface area contributed by atoms with Crippen LogP contribution in [0.2, 0.25) is 0 Å². The van der Waals surface area contributed by atoms with Crippen LogP contribution in [-0.4, -0.2) is 39.5 Å². The van der Waals surface area contributed by atoms with Crippen LogP contribution in [0.1, 0.15) is 24.9 Å². The molecule has 0 aromatic heterocycles. The number of rotatable bonds is 5. The second-order valence-electron chi connectivity index (χ2n) is 5.06. The molecule has 2 rings (SSSR count). The SMILES string of the molecule is COC(OC)C(C)NC1CC(=O)N(C)c2ccccc21. The van der Waals surface area contributed by atoms with Crippen LogP contribution in [-0.2, 0) is 14.3 Å². The highest BCUT2D eigenvalue weighted by atomic mass is 16.7. The standard InChI is InChI=1S/C15H22N2O3/c1-10(15(19-3)20-4)16-12-9-14(18)17(2)13-8-6-5-7-11(12)13/h5-8,10,12,15-16H,9H2,1-4H3. The van der Waals surface area contributed by atoms with Crippen LogP contribution in [0.15, 0.2) is 24.3 Å². The average Bonchev–Trinajstić information content (AvgIpc) is 2.46. The van der Waals surface area contributed by atoms with E-state index in [0.29, 0.717) is 6.42 Å². The molecular formula is C15H22N2O3. The van der Waals surface area contributed by atoms with Gasteiger partial charge in [-0.2, -0.15) is 0 Å². The smallest absolute Gasteiger partial charge is 0.228 e. The number of nitrogens with one attached hydrogen (secondary N) is 1. The third-order valence-corrected chi connectivity index (χ3v) is 3.76. The Bertz CT molecular complexity index is 474. The summed E-state index contributed by atoms with van der Waals surface area (Å²) in [6.45, 7) is 1.99. The molecular weight excluding hydrogens is 256 g/mol. The highest BCUT2D eigenvalue weighted by Gasteiger charge is 2.31. The Morgan fingerprint density at radius 1 is 1.30 bits per heavy atom. The summed E-state index contributed by atoms with van der Waals surface area (Å²) in [5, 5.41) is 3.43. The van der Waals surface area contributed by atoms with Crippen molar-refractivity contribution in [2.45, 2.75) is 31.7 Å². The quantitative estimate of drug-likeness (QED) is 0.833. The maximum atomic E-state index is 12.1. The molecule has 1 aliphatic rings. The first-order valence-corrected chi connectivity index (χ1v) is 6.75. The second-order valence-corrected chi connectivity index (χ2v) is 5.06. The summed E-state index contributed by atoms with van der Waals surface area (Å²) in [4.78, 5) is 13.8. The summed E-state index contributed by atoms with van der Waals surface area (Å²) in [5.41, 5.74) is 2.09. The Kier molecular flexibility index (Phi) is 4.75. The molecule has 5 nitrogen and oxygen atoms in total. The Morgan fingerprint density at radius 2 is 1.95 bits per heavy atom. The zero-order valence-corrected chi connectivity index (χ0v) is 12.4. The first-order chi connectivity index (χ1) is 9.58. The largest absolute Gasteiger partial charge is 0.354 e. The Balaban J connectivity index is 2.21. The number of amides is 1. The highest BCUT2D eigenvalue weighted by Crippen LogP contribution is 2.33. The van der Waals surface area contributed by atoms with Crippen molar-refractivity contribution in [1.29, 1.82) is 0 Å². The van der Waals surface area contributed by atoms with Crippen LogP contribution in [0.3, 0.4) is 0 Å². The van der Waals surface area contributed by atoms with Crippen molar-refractivity contribution in [2.24, 2.45) is 0 Å². The number of ether oxygens (including phenoxy) is 2. The number of nitrogens with zero attached hydrogens (tertiary/aromatic N) is 1. The van der Waals surface area contributed by atoms with Gasteiger partial charge in [0.1, 0.15) is 0 Å². The van der Waals surface area contributed by atoms with E-state index in [1.54, 1.807) is 19.1 Å². The zero-order valence-electron chi connectivity index (χ0n) is 12.4. The zero-order chi connectivity index (χ0) is 14.7. The summed E-state index contributed by atoms with van der Waals surface area (Å²) in [6.07, 6.45) is 0.106. The van der Waals surface area contributed by atoms with Gasteiger partial charge in [0.15, 0.2) is 6.29 Å². The molecule has 1 aromatic carbocycles. The van der Waals surface area contributed by atoms with Gasteiger partial charge >= 0.3 is 0 Å². The Labute approximate surface area is 119 Å². The molecule has 1 heterocycles. The van der Waals surface area contributed by atoms with Gasteiger partial charge in [0.2, 0.25) is 5.91 Å². The van der Waals surface area contributed by atoms with E-state index < -0.39 is 0 Å². The molecule has 0 saturated heterocycles. The number of benzene rings is 1. The molecule has 1 amide bonds. The number of carbonyl (C=O) groups is 1. The fraction of sp³-hybridized carbons (Fsp3) is 0.533. The van der Waals surface area contributed by atoms with Crippen molar-refractivity contribution in [3.8, 4) is 0 Å². The van der Waals surface area contributed by atoms with E-state index in [0.717, 1.165) is 11.3 Å². The summed E-state index contributed by atoms with van der Waals surface area (Å²) < 4.78 is 10.5. The topological polar surface area (TPSA) is 50.8 Å². The minimum atomic E-state index is -0.336. The third-order valence-electron chi connectivity index (χ3n) is 3.76. The lowest BCUT2D eigenvalue weighted by Gasteiger charge is -2.34. The molecule has 0 spiro atoms.